The smallest absolute Gasteiger partial charge is 0.127 e. The van der Waals surface area contributed by atoms with Crippen molar-refractivity contribution in [3.63, 3.8) is 0 Å². The normalized spacial score (nSPS) is 30.6. The first-order valence-corrected chi connectivity index (χ1v) is 5.64. The summed E-state index contributed by atoms with van der Waals surface area (Å²) in [6, 6.07) is 6.35. The van der Waals surface area contributed by atoms with Crippen LogP contribution in [0.5, 0.6) is 0 Å². The van der Waals surface area contributed by atoms with Crippen molar-refractivity contribution in [2.24, 2.45) is 11.8 Å². The van der Waals surface area contributed by atoms with Gasteiger partial charge in [-0.15, -0.1) is 0 Å². The summed E-state index contributed by atoms with van der Waals surface area (Å²) < 4.78 is 0. The Morgan fingerprint density at radius 3 is 2.88 bits per heavy atom. The number of piperidine rings is 1. The molecular weight excluding hydrogens is 200 g/mol. The molecule has 2 unspecified atom stereocenters. The molecule has 0 radical (unpaired) electrons. The molecule has 2 fully saturated rings. The van der Waals surface area contributed by atoms with Crippen molar-refractivity contribution in [1.29, 1.82) is 5.26 Å². The number of aryl methyl sites for hydroxylation is 1. The molecule has 1 aromatic heterocycles. The quantitative estimate of drug-likeness (QED) is 0.767. The van der Waals surface area contributed by atoms with E-state index >= 15 is 0 Å². The lowest BCUT2D eigenvalue weighted by molar-refractivity contribution is 0.695. The fraction of sp³-hybridized carbons (Fsp3) is 0.500. The van der Waals surface area contributed by atoms with Gasteiger partial charge in [-0.25, -0.2) is 4.98 Å². The largest absolute Gasteiger partial charge is 0.367 e. The van der Waals surface area contributed by atoms with Crippen LogP contribution in [0.15, 0.2) is 12.1 Å². The van der Waals surface area contributed by atoms with Crippen LogP contribution in [0.4, 0.5) is 5.82 Å². The van der Waals surface area contributed by atoms with E-state index in [-0.39, 0.29) is 0 Å². The van der Waals surface area contributed by atoms with Gasteiger partial charge in [0.15, 0.2) is 0 Å². The van der Waals surface area contributed by atoms with Gasteiger partial charge in [0.25, 0.3) is 0 Å². The molecule has 1 aliphatic heterocycles. The highest BCUT2D eigenvalue weighted by atomic mass is 15.1. The number of aromatic nitrogens is 1. The molecule has 2 aliphatic rings. The van der Waals surface area contributed by atoms with Crippen LogP contribution in [0, 0.1) is 30.1 Å². The van der Waals surface area contributed by atoms with E-state index in [1.54, 1.807) is 6.07 Å². The third-order valence-corrected chi connectivity index (χ3v) is 3.49. The van der Waals surface area contributed by atoms with Gasteiger partial charge in [0.1, 0.15) is 5.82 Å². The summed E-state index contributed by atoms with van der Waals surface area (Å²) in [4.78, 5) is 4.41. The maximum atomic E-state index is 8.88. The molecule has 4 nitrogen and oxygen atoms in total. The second-order valence-electron chi connectivity index (χ2n) is 4.65. The van der Waals surface area contributed by atoms with Crippen LogP contribution in [-0.2, 0) is 0 Å². The number of pyridine rings is 1. The second-order valence-corrected chi connectivity index (χ2v) is 4.65. The fourth-order valence-corrected chi connectivity index (χ4v) is 2.61. The van der Waals surface area contributed by atoms with Gasteiger partial charge in [-0.3, -0.25) is 0 Å². The SMILES string of the molecule is Cc1cc(C#N)cc(NC2C3CNCC32)n1. The number of hydrogen-bond donors (Lipinski definition) is 2. The Hall–Kier alpha value is -1.60. The molecule has 1 saturated carbocycles. The number of nitrogens with one attached hydrogen (secondary N) is 2. The zero-order valence-electron chi connectivity index (χ0n) is 9.20. The number of nitrogens with zero attached hydrogens (tertiary/aromatic N) is 2. The van der Waals surface area contributed by atoms with Crippen LogP contribution in [0.3, 0.4) is 0 Å². The molecule has 1 saturated heterocycles. The molecule has 0 bridgehead atoms. The van der Waals surface area contributed by atoms with Crippen molar-refractivity contribution in [3.05, 3.63) is 23.4 Å². The molecule has 1 aliphatic carbocycles. The molecule has 4 heteroatoms. The summed E-state index contributed by atoms with van der Waals surface area (Å²) in [6.07, 6.45) is 0. The van der Waals surface area contributed by atoms with Crippen molar-refractivity contribution in [3.8, 4) is 6.07 Å². The molecule has 3 rings (SSSR count). The Kier molecular flexibility index (Phi) is 2.08. The minimum absolute atomic E-state index is 0.557. The molecule has 0 amide bonds. The molecule has 2 heterocycles. The number of fused-ring (bicyclic) bond motifs is 1. The molecule has 0 spiro atoms. The van der Waals surface area contributed by atoms with E-state index in [1.807, 2.05) is 13.0 Å². The lowest BCUT2D eigenvalue weighted by Crippen LogP contribution is -2.21. The van der Waals surface area contributed by atoms with Crippen LogP contribution in [0.2, 0.25) is 0 Å². The van der Waals surface area contributed by atoms with E-state index < -0.39 is 0 Å². The van der Waals surface area contributed by atoms with E-state index in [0.717, 1.165) is 36.4 Å². The van der Waals surface area contributed by atoms with Crippen LogP contribution >= 0.6 is 0 Å². The van der Waals surface area contributed by atoms with Crippen LogP contribution in [0.25, 0.3) is 0 Å². The molecule has 0 aromatic carbocycles. The lowest BCUT2D eigenvalue weighted by Gasteiger charge is -2.09. The summed E-state index contributed by atoms with van der Waals surface area (Å²) in [5, 5.41) is 15.7. The van der Waals surface area contributed by atoms with E-state index in [0.29, 0.717) is 11.6 Å². The lowest BCUT2D eigenvalue weighted by atomic mass is 10.2. The Labute approximate surface area is 94.7 Å². The van der Waals surface area contributed by atoms with Crippen molar-refractivity contribution in [1.82, 2.24) is 10.3 Å². The van der Waals surface area contributed by atoms with Crippen LogP contribution in [0.1, 0.15) is 11.3 Å². The number of rotatable bonds is 2. The number of nitriles is 1. The summed E-state index contributed by atoms with van der Waals surface area (Å²) in [6.45, 7) is 4.14. The minimum atomic E-state index is 0.557. The van der Waals surface area contributed by atoms with Gasteiger partial charge < -0.3 is 10.6 Å². The van der Waals surface area contributed by atoms with Gasteiger partial charge in [-0.1, -0.05) is 0 Å². The first kappa shape index (κ1) is 9.61. The van der Waals surface area contributed by atoms with Crippen molar-refractivity contribution >= 4 is 5.82 Å². The van der Waals surface area contributed by atoms with E-state index in [4.69, 9.17) is 5.26 Å². The monoisotopic (exact) mass is 214 g/mol. The van der Waals surface area contributed by atoms with Crippen molar-refractivity contribution < 1.29 is 0 Å². The third-order valence-electron chi connectivity index (χ3n) is 3.49. The summed E-state index contributed by atoms with van der Waals surface area (Å²) in [5.74, 6) is 2.36. The zero-order chi connectivity index (χ0) is 11.1. The van der Waals surface area contributed by atoms with E-state index in [1.165, 1.54) is 0 Å². The van der Waals surface area contributed by atoms with E-state index in [9.17, 15) is 0 Å². The molecule has 16 heavy (non-hydrogen) atoms. The Bertz CT molecular complexity index is 453. The van der Waals surface area contributed by atoms with Crippen molar-refractivity contribution in [2.75, 3.05) is 18.4 Å². The molecule has 2 atom stereocenters. The van der Waals surface area contributed by atoms with Gasteiger partial charge in [-0.05, 0) is 30.9 Å². The highest BCUT2D eigenvalue weighted by Crippen LogP contribution is 2.43. The standard InChI is InChI=1S/C12H14N4/c1-7-2-8(4-13)3-11(15-7)16-12-9-5-14-6-10(9)12/h2-3,9-10,12,14H,5-6H2,1H3,(H,15,16). The topological polar surface area (TPSA) is 60.7 Å². The van der Waals surface area contributed by atoms with Gasteiger partial charge in [-0.2, -0.15) is 5.26 Å². The highest BCUT2D eigenvalue weighted by molar-refractivity contribution is 5.46. The summed E-state index contributed by atoms with van der Waals surface area (Å²) >= 11 is 0. The molecule has 2 N–H and O–H groups in total. The fourth-order valence-electron chi connectivity index (χ4n) is 2.61. The minimum Gasteiger partial charge on any atom is -0.367 e. The Morgan fingerprint density at radius 2 is 2.19 bits per heavy atom. The predicted octanol–water partition coefficient (Wildman–Crippen LogP) is 0.891. The van der Waals surface area contributed by atoms with Gasteiger partial charge in [0, 0.05) is 24.8 Å². The average Bonchev–Trinajstić information content (AvgIpc) is 2.74. The van der Waals surface area contributed by atoms with Crippen molar-refractivity contribution in [2.45, 2.75) is 13.0 Å². The highest BCUT2D eigenvalue weighted by Gasteiger charge is 2.53. The first-order valence-electron chi connectivity index (χ1n) is 5.64. The van der Waals surface area contributed by atoms with Gasteiger partial charge >= 0.3 is 0 Å². The van der Waals surface area contributed by atoms with Crippen LogP contribution < -0.4 is 10.6 Å². The first-order chi connectivity index (χ1) is 7.78. The summed E-state index contributed by atoms with van der Waals surface area (Å²) in [5.41, 5.74) is 1.57. The maximum Gasteiger partial charge on any atom is 0.127 e. The zero-order valence-corrected chi connectivity index (χ0v) is 9.20. The summed E-state index contributed by atoms with van der Waals surface area (Å²) in [7, 11) is 0. The second kappa shape index (κ2) is 3.46. The Balaban J connectivity index is 1.75. The van der Waals surface area contributed by atoms with E-state index in [2.05, 4.69) is 21.7 Å². The third kappa shape index (κ3) is 1.54. The Morgan fingerprint density at radius 1 is 1.44 bits per heavy atom. The number of hydrogen-bond acceptors (Lipinski definition) is 4. The maximum absolute atomic E-state index is 8.88. The van der Waals surface area contributed by atoms with Crippen LogP contribution in [-0.4, -0.2) is 24.1 Å². The number of anilines is 1. The molecular formula is C12H14N4. The van der Waals surface area contributed by atoms with Gasteiger partial charge in [0.2, 0.25) is 0 Å². The molecule has 1 aromatic rings. The average molecular weight is 214 g/mol. The molecule has 82 valence electrons. The predicted molar refractivity (Wildman–Crippen MR) is 60.9 cm³/mol. The van der Waals surface area contributed by atoms with Gasteiger partial charge in [0.05, 0.1) is 11.6 Å².